The maximum Gasteiger partial charge on any atom is 0.251 e. The fourth-order valence-corrected chi connectivity index (χ4v) is 5.70. The Labute approximate surface area is 230 Å². The van der Waals surface area contributed by atoms with Crippen LogP contribution in [0.15, 0.2) is 24.4 Å². The molecule has 5 rings (SSSR count). The van der Waals surface area contributed by atoms with Crippen LogP contribution in [0.4, 0.5) is 23.1 Å². The number of anilines is 4. The molecule has 1 saturated heterocycles. The van der Waals surface area contributed by atoms with E-state index in [1.807, 2.05) is 0 Å². The fraction of sp³-hybridized carbons (Fsp3) is 0.571. The van der Waals surface area contributed by atoms with E-state index >= 15 is 0 Å². The van der Waals surface area contributed by atoms with E-state index in [4.69, 9.17) is 9.72 Å². The highest BCUT2D eigenvalue weighted by atomic mass is 16.5. The molecule has 1 aromatic carbocycles. The molecular formula is C28H40N8O3. The topological polar surface area (TPSA) is 124 Å². The van der Waals surface area contributed by atoms with Gasteiger partial charge in [-0.25, -0.2) is 4.98 Å². The molecule has 39 heavy (non-hydrogen) atoms. The number of benzene rings is 1. The van der Waals surface area contributed by atoms with Gasteiger partial charge in [0.05, 0.1) is 19.0 Å². The zero-order valence-corrected chi connectivity index (χ0v) is 23.0. The van der Waals surface area contributed by atoms with Crippen molar-refractivity contribution in [2.75, 3.05) is 62.0 Å². The molecule has 3 aliphatic rings. The summed E-state index contributed by atoms with van der Waals surface area (Å²) >= 11 is 0. The molecule has 0 bridgehead atoms. The summed E-state index contributed by atoms with van der Waals surface area (Å²) in [7, 11) is 3.36. The second kappa shape index (κ2) is 12.6. The van der Waals surface area contributed by atoms with Crippen molar-refractivity contribution in [2.24, 2.45) is 0 Å². The van der Waals surface area contributed by atoms with Crippen LogP contribution in [-0.4, -0.2) is 80.7 Å². The normalized spacial score (nSPS) is 19.6. The Morgan fingerprint density at radius 3 is 2.79 bits per heavy atom. The number of hydrogen-bond acceptors (Lipinski definition) is 9. The van der Waals surface area contributed by atoms with Gasteiger partial charge in [-0.05, 0) is 50.4 Å². The Kier molecular flexibility index (Phi) is 8.77. The monoisotopic (exact) mass is 536 g/mol. The Morgan fingerprint density at radius 1 is 1.18 bits per heavy atom. The standard InChI is InChI=1S/C28H40N8O3/c1-35-23-18-32-28(34-26(23)36(15-11-25(35)37)21-7-3-4-8-21)33-22-10-9-19(16-24(22)39-2)27(38)31-14-13-29-17-20-6-5-12-30-20/h9-10,16,18,20-21,29-30H,3-8,11-15,17H2,1-2H3,(H,31,38)(H,32,33,34). The minimum atomic E-state index is -0.151. The molecule has 1 aromatic heterocycles. The van der Waals surface area contributed by atoms with Gasteiger partial charge in [-0.1, -0.05) is 12.8 Å². The van der Waals surface area contributed by atoms with Crippen LogP contribution in [0.25, 0.3) is 0 Å². The van der Waals surface area contributed by atoms with Crippen molar-refractivity contribution in [1.29, 1.82) is 0 Å². The number of ether oxygens (including phenoxy) is 1. The van der Waals surface area contributed by atoms with E-state index in [-0.39, 0.29) is 11.8 Å². The van der Waals surface area contributed by atoms with Gasteiger partial charge in [-0.3, -0.25) is 9.59 Å². The van der Waals surface area contributed by atoms with E-state index in [9.17, 15) is 9.59 Å². The van der Waals surface area contributed by atoms with Crippen LogP contribution in [-0.2, 0) is 4.79 Å². The predicted octanol–water partition coefficient (Wildman–Crippen LogP) is 2.42. The summed E-state index contributed by atoms with van der Waals surface area (Å²) in [6, 6.07) is 6.19. The number of methoxy groups -OCH3 is 1. The average Bonchev–Trinajstić information content (AvgIpc) is 3.66. The first-order valence-electron chi connectivity index (χ1n) is 14.1. The zero-order chi connectivity index (χ0) is 27.2. The van der Waals surface area contributed by atoms with Crippen LogP contribution in [0, 0.1) is 0 Å². The number of nitrogens with zero attached hydrogens (tertiary/aromatic N) is 4. The lowest BCUT2D eigenvalue weighted by atomic mass is 10.1. The number of aromatic nitrogens is 2. The van der Waals surface area contributed by atoms with E-state index in [1.165, 1.54) is 25.7 Å². The van der Waals surface area contributed by atoms with Gasteiger partial charge in [-0.2, -0.15) is 4.98 Å². The second-order valence-corrected chi connectivity index (χ2v) is 10.5. The van der Waals surface area contributed by atoms with E-state index in [1.54, 1.807) is 43.5 Å². The molecule has 1 saturated carbocycles. The summed E-state index contributed by atoms with van der Waals surface area (Å²) in [5.41, 5.74) is 1.90. The molecule has 1 aliphatic carbocycles. The number of amides is 2. The average molecular weight is 537 g/mol. The maximum absolute atomic E-state index is 12.7. The van der Waals surface area contributed by atoms with Crippen molar-refractivity contribution in [1.82, 2.24) is 25.9 Å². The first-order chi connectivity index (χ1) is 19.0. The lowest BCUT2D eigenvalue weighted by Gasteiger charge is -2.30. The maximum atomic E-state index is 12.7. The predicted molar refractivity (Wildman–Crippen MR) is 152 cm³/mol. The van der Waals surface area contributed by atoms with Gasteiger partial charge < -0.3 is 35.8 Å². The largest absolute Gasteiger partial charge is 0.495 e. The van der Waals surface area contributed by atoms with Crippen molar-refractivity contribution >= 4 is 35.0 Å². The number of carbonyl (C=O) groups is 2. The molecule has 2 aromatic rings. The smallest absolute Gasteiger partial charge is 0.251 e. The second-order valence-electron chi connectivity index (χ2n) is 10.5. The highest BCUT2D eigenvalue weighted by molar-refractivity contribution is 5.97. The number of carbonyl (C=O) groups excluding carboxylic acids is 2. The van der Waals surface area contributed by atoms with Gasteiger partial charge in [0.25, 0.3) is 5.91 Å². The molecule has 2 fully saturated rings. The highest BCUT2D eigenvalue weighted by Crippen LogP contribution is 2.37. The van der Waals surface area contributed by atoms with Gasteiger partial charge in [-0.15, -0.1) is 0 Å². The number of fused-ring (bicyclic) bond motifs is 1. The van der Waals surface area contributed by atoms with Gasteiger partial charge in [0.2, 0.25) is 11.9 Å². The Balaban J connectivity index is 1.25. The molecule has 11 nitrogen and oxygen atoms in total. The van der Waals surface area contributed by atoms with Gasteiger partial charge >= 0.3 is 0 Å². The minimum absolute atomic E-state index is 0.0678. The third-order valence-electron chi connectivity index (χ3n) is 7.94. The van der Waals surface area contributed by atoms with Crippen LogP contribution in [0.3, 0.4) is 0 Å². The number of rotatable bonds is 10. The van der Waals surface area contributed by atoms with Crippen molar-refractivity contribution in [3.05, 3.63) is 30.0 Å². The van der Waals surface area contributed by atoms with E-state index < -0.39 is 0 Å². The van der Waals surface area contributed by atoms with Gasteiger partial charge in [0.15, 0.2) is 5.82 Å². The quantitative estimate of drug-likeness (QED) is 0.339. The summed E-state index contributed by atoms with van der Waals surface area (Å²) in [5.74, 6) is 1.63. The van der Waals surface area contributed by atoms with Crippen LogP contribution in [0.2, 0.25) is 0 Å². The van der Waals surface area contributed by atoms with Crippen LogP contribution < -0.4 is 35.8 Å². The Hall–Kier alpha value is -3.44. The van der Waals surface area contributed by atoms with Gasteiger partial charge in [0.1, 0.15) is 11.4 Å². The molecule has 0 spiro atoms. The summed E-state index contributed by atoms with van der Waals surface area (Å²) in [6.45, 7) is 3.92. The number of hydrogen-bond donors (Lipinski definition) is 4. The Bertz CT molecular complexity index is 1160. The summed E-state index contributed by atoms with van der Waals surface area (Å²) < 4.78 is 5.59. The molecule has 1 unspecified atom stereocenters. The summed E-state index contributed by atoms with van der Waals surface area (Å²) in [4.78, 5) is 38.6. The number of nitrogens with one attached hydrogen (secondary N) is 4. The third-order valence-corrected chi connectivity index (χ3v) is 7.94. The van der Waals surface area contributed by atoms with Crippen molar-refractivity contribution in [2.45, 2.75) is 57.0 Å². The Morgan fingerprint density at radius 2 is 2.03 bits per heavy atom. The molecule has 0 radical (unpaired) electrons. The van der Waals surface area contributed by atoms with Crippen molar-refractivity contribution in [3.8, 4) is 5.75 Å². The molecule has 3 heterocycles. The SMILES string of the molecule is COc1cc(C(=O)NCCNCC2CCCN2)ccc1Nc1ncc2c(n1)N(C1CCCC1)CCC(=O)N2C. The first-order valence-corrected chi connectivity index (χ1v) is 14.1. The van der Waals surface area contributed by atoms with E-state index in [0.717, 1.165) is 44.0 Å². The lowest BCUT2D eigenvalue weighted by molar-refractivity contribution is -0.118. The molecule has 210 valence electrons. The highest BCUT2D eigenvalue weighted by Gasteiger charge is 2.31. The fourth-order valence-electron chi connectivity index (χ4n) is 5.70. The van der Waals surface area contributed by atoms with Crippen LogP contribution in [0.5, 0.6) is 5.75 Å². The van der Waals surface area contributed by atoms with Crippen molar-refractivity contribution in [3.63, 3.8) is 0 Å². The summed E-state index contributed by atoms with van der Waals surface area (Å²) in [6.07, 6.45) is 9.20. The molecule has 2 aliphatic heterocycles. The molecule has 2 amide bonds. The van der Waals surface area contributed by atoms with E-state index in [2.05, 4.69) is 31.2 Å². The van der Waals surface area contributed by atoms with Gasteiger partial charge in [0, 0.05) is 57.3 Å². The zero-order valence-electron chi connectivity index (χ0n) is 23.0. The molecular weight excluding hydrogens is 496 g/mol. The van der Waals surface area contributed by atoms with E-state index in [0.29, 0.717) is 54.5 Å². The molecule has 4 N–H and O–H groups in total. The van der Waals surface area contributed by atoms with Crippen molar-refractivity contribution < 1.29 is 14.3 Å². The minimum Gasteiger partial charge on any atom is -0.495 e. The van der Waals surface area contributed by atoms with Crippen LogP contribution >= 0.6 is 0 Å². The molecule has 11 heteroatoms. The first kappa shape index (κ1) is 27.1. The van der Waals surface area contributed by atoms with Crippen LogP contribution in [0.1, 0.15) is 55.3 Å². The summed E-state index contributed by atoms with van der Waals surface area (Å²) in [5, 5.41) is 13.1. The lowest BCUT2D eigenvalue weighted by Crippen LogP contribution is -2.38. The molecule has 1 atom stereocenters. The third kappa shape index (κ3) is 6.42.